The van der Waals surface area contributed by atoms with Crippen LogP contribution in [-0.2, 0) is 9.47 Å². The number of ether oxygens (including phenoxy) is 2. The van der Waals surface area contributed by atoms with Gasteiger partial charge in [0.2, 0.25) is 0 Å². The van der Waals surface area contributed by atoms with Gasteiger partial charge in [-0.3, -0.25) is 0 Å². The molecule has 0 spiro atoms. The molecule has 5 heteroatoms. The molecular weight excluding hydrogens is 263 g/mol. The van der Waals surface area contributed by atoms with Crippen molar-refractivity contribution in [1.82, 2.24) is 0 Å². The topological polar surface area (TPSA) is 38.7 Å². The minimum atomic E-state index is -0.885. The molecule has 0 radical (unpaired) electrons. The van der Waals surface area contributed by atoms with Gasteiger partial charge < -0.3 is 14.6 Å². The number of rotatable bonds is 6. The van der Waals surface area contributed by atoms with Gasteiger partial charge in [-0.25, -0.2) is 0 Å². The van der Waals surface area contributed by atoms with Crippen LogP contribution in [0.1, 0.15) is 25.5 Å². The first-order chi connectivity index (χ1) is 8.10. The fraction of sp³-hybridized carbons (Fsp3) is 0.500. The highest BCUT2D eigenvalue weighted by Crippen LogP contribution is 2.28. The van der Waals surface area contributed by atoms with Gasteiger partial charge in [0.05, 0.1) is 10.0 Å². The standard InChI is InChI=1S/C12H16Cl2O3/c1-3-16-12(17-4-2)11(15)8-5-6-9(13)10(14)7-8/h5-7,11-12,15H,3-4H2,1-2H3. The zero-order valence-electron chi connectivity index (χ0n) is 9.82. The molecular formula is C12H16Cl2O3. The second-order valence-electron chi connectivity index (χ2n) is 3.40. The Hall–Kier alpha value is -0.320. The van der Waals surface area contributed by atoms with E-state index in [1.54, 1.807) is 18.2 Å². The van der Waals surface area contributed by atoms with Crippen LogP contribution in [0.3, 0.4) is 0 Å². The van der Waals surface area contributed by atoms with E-state index in [0.29, 0.717) is 28.8 Å². The molecule has 0 aromatic heterocycles. The molecule has 1 rings (SSSR count). The fourth-order valence-electron chi connectivity index (χ4n) is 1.41. The number of hydrogen-bond donors (Lipinski definition) is 1. The van der Waals surface area contributed by atoms with Crippen molar-refractivity contribution < 1.29 is 14.6 Å². The molecule has 0 saturated heterocycles. The third kappa shape index (κ3) is 4.12. The molecule has 1 N–H and O–H groups in total. The summed E-state index contributed by atoms with van der Waals surface area (Å²) < 4.78 is 10.6. The first-order valence-electron chi connectivity index (χ1n) is 5.46. The maximum atomic E-state index is 10.1. The Bertz CT molecular complexity index is 352. The quantitative estimate of drug-likeness (QED) is 0.811. The van der Waals surface area contributed by atoms with Crippen LogP contribution in [-0.4, -0.2) is 24.6 Å². The van der Waals surface area contributed by atoms with E-state index in [4.69, 9.17) is 32.7 Å². The van der Waals surface area contributed by atoms with Gasteiger partial charge in [-0.05, 0) is 31.5 Å². The minimum absolute atomic E-state index is 0.398. The first-order valence-corrected chi connectivity index (χ1v) is 6.22. The minimum Gasteiger partial charge on any atom is -0.383 e. The van der Waals surface area contributed by atoms with E-state index < -0.39 is 12.4 Å². The Morgan fingerprint density at radius 3 is 2.18 bits per heavy atom. The summed E-state index contributed by atoms with van der Waals surface area (Å²) in [4.78, 5) is 0. The van der Waals surface area contributed by atoms with Crippen molar-refractivity contribution in [2.45, 2.75) is 26.2 Å². The predicted molar refractivity (Wildman–Crippen MR) is 68.5 cm³/mol. The third-order valence-electron chi connectivity index (χ3n) is 2.20. The SMILES string of the molecule is CCOC(OCC)C(O)c1ccc(Cl)c(Cl)c1. The van der Waals surface area contributed by atoms with E-state index in [-0.39, 0.29) is 0 Å². The van der Waals surface area contributed by atoms with Gasteiger partial charge in [0.15, 0.2) is 6.29 Å². The van der Waals surface area contributed by atoms with E-state index >= 15 is 0 Å². The van der Waals surface area contributed by atoms with Crippen molar-refractivity contribution in [2.24, 2.45) is 0 Å². The number of halogens is 2. The average molecular weight is 279 g/mol. The molecule has 0 aliphatic carbocycles. The van der Waals surface area contributed by atoms with E-state index in [1.165, 1.54) is 0 Å². The molecule has 1 unspecified atom stereocenters. The van der Waals surface area contributed by atoms with Gasteiger partial charge >= 0.3 is 0 Å². The Morgan fingerprint density at radius 1 is 1.12 bits per heavy atom. The Morgan fingerprint density at radius 2 is 1.71 bits per heavy atom. The number of aliphatic hydroxyl groups excluding tert-OH is 1. The van der Waals surface area contributed by atoms with Crippen molar-refractivity contribution >= 4 is 23.2 Å². The Balaban J connectivity index is 2.84. The number of aliphatic hydroxyl groups is 1. The second-order valence-corrected chi connectivity index (χ2v) is 4.21. The Labute approximate surface area is 111 Å². The molecule has 0 amide bonds. The molecule has 0 bridgehead atoms. The lowest BCUT2D eigenvalue weighted by Gasteiger charge is -2.23. The normalized spacial score (nSPS) is 13.1. The summed E-state index contributed by atoms with van der Waals surface area (Å²) in [7, 11) is 0. The number of hydrogen-bond acceptors (Lipinski definition) is 3. The summed E-state index contributed by atoms with van der Waals surface area (Å²) in [5, 5.41) is 11.0. The van der Waals surface area contributed by atoms with Crippen molar-refractivity contribution in [2.75, 3.05) is 13.2 Å². The summed E-state index contributed by atoms with van der Waals surface area (Å²) in [5.41, 5.74) is 0.617. The molecule has 96 valence electrons. The zero-order valence-corrected chi connectivity index (χ0v) is 11.3. The highest BCUT2D eigenvalue weighted by atomic mass is 35.5. The molecule has 3 nitrogen and oxygen atoms in total. The van der Waals surface area contributed by atoms with Gasteiger partial charge in [0.25, 0.3) is 0 Å². The summed E-state index contributed by atoms with van der Waals surface area (Å²) in [6.45, 7) is 4.60. The summed E-state index contributed by atoms with van der Waals surface area (Å²) in [6, 6.07) is 4.95. The average Bonchev–Trinajstić information content (AvgIpc) is 2.31. The van der Waals surface area contributed by atoms with Crippen LogP contribution < -0.4 is 0 Å². The summed E-state index contributed by atoms with van der Waals surface area (Å²) in [5.74, 6) is 0. The molecule has 17 heavy (non-hydrogen) atoms. The fourth-order valence-corrected chi connectivity index (χ4v) is 1.72. The van der Waals surface area contributed by atoms with Crippen LogP contribution >= 0.6 is 23.2 Å². The van der Waals surface area contributed by atoms with Crippen LogP contribution in [0.4, 0.5) is 0 Å². The van der Waals surface area contributed by atoms with Gasteiger partial charge in [0.1, 0.15) is 6.10 Å². The molecule has 0 aliphatic rings. The lowest BCUT2D eigenvalue weighted by atomic mass is 10.1. The second kappa shape index (κ2) is 7.19. The largest absolute Gasteiger partial charge is 0.383 e. The van der Waals surface area contributed by atoms with Crippen LogP contribution in [0.2, 0.25) is 10.0 Å². The first kappa shape index (κ1) is 14.7. The lowest BCUT2D eigenvalue weighted by Crippen LogP contribution is -2.25. The van der Waals surface area contributed by atoms with Crippen molar-refractivity contribution in [3.63, 3.8) is 0 Å². The van der Waals surface area contributed by atoms with Crippen LogP contribution in [0.5, 0.6) is 0 Å². The van der Waals surface area contributed by atoms with Gasteiger partial charge in [0, 0.05) is 13.2 Å². The predicted octanol–water partition coefficient (Wildman–Crippen LogP) is 3.43. The molecule has 1 aromatic rings. The van der Waals surface area contributed by atoms with Gasteiger partial charge in [-0.1, -0.05) is 29.3 Å². The molecule has 1 atom stereocenters. The van der Waals surface area contributed by atoms with Crippen molar-refractivity contribution in [3.8, 4) is 0 Å². The van der Waals surface area contributed by atoms with Crippen LogP contribution in [0.15, 0.2) is 18.2 Å². The van der Waals surface area contributed by atoms with Crippen LogP contribution in [0, 0.1) is 0 Å². The summed E-state index contributed by atoms with van der Waals surface area (Å²) >= 11 is 11.7. The van der Waals surface area contributed by atoms with E-state index in [2.05, 4.69) is 0 Å². The highest BCUT2D eigenvalue weighted by molar-refractivity contribution is 6.42. The maximum absolute atomic E-state index is 10.1. The molecule has 0 fully saturated rings. The Kier molecular flexibility index (Phi) is 6.23. The monoisotopic (exact) mass is 278 g/mol. The molecule has 0 saturated carbocycles. The van der Waals surface area contributed by atoms with E-state index in [9.17, 15) is 5.11 Å². The number of benzene rings is 1. The van der Waals surface area contributed by atoms with Gasteiger partial charge in [-0.2, -0.15) is 0 Å². The molecule has 0 aliphatic heterocycles. The highest BCUT2D eigenvalue weighted by Gasteiger charge is 2.22. The van der Waals surface area contributed by atoms with E-state index in [1.807, 2.05) is 13.8 Å². The van der Waals surface area contributed by atoms with Crippen LogP contribution in [0.25, 0.3) is 0 Å². The van der Waals surface area contributed by atoms with Crippen molar-refractivity contribution in [1.29, 1.82) is 0 Å². The molecule has 1 aromatic carbocycles. The maximum Gasteiger partial charge on any atom is 0.187 e. The third-order valence-corrected chi connectivity index (χ3v) is 2.94. The van der Waals surface area contributed by atoms with E-state index in [0.717, 1.165) is 0 Å². The molecule has 0 heterocycles. The lowest BCUT2D eigenvalue weighted by molar-refractivity contribution is -0.191. The smallest absolute Gasteiger partial charge is 0.187 e. The summed E-state index contributed by atoms with van der Waals surface area (Å²) in [6.07, 6.45) is -1.58. The van der Waals surface area contributed by atoms with Crippen molar-refractivity contribution in [3.05, 3.63) is 33.8 Å². The van der Waals surface area contributed by atoms with Gasteiger partial charge in [-0.15, -0.1) is 0 Å². The zero-order chi connectivity index (χ0) is 12.8.